The van der Waals surface area contributed by atoms with E-state index >= 15 is 0 Å². The Kier molecular flexibility index (Phi) is 4.58. The van der Waals surface area contributed by atoms with Crippen LogP contribution < -0.4 is 11.3 Å². The van der Waals surface area contributed by atoms with Gasteiger partial charge in [-0.15, -0.1) is 0 Å². The number of rotatable bonds is 5. The summed E-state index contributed by atoms with van der Waals surface area (Å²) < 4.78 is 1.98. The summed E-state index contributed by atoms with van der Waals surface area (Å²) in [5.74, 6) is 5.75. The Morgan fingerprint density at radius 1 is 1.42 bits per heavy atom. The number of nitrogens with one attached hydrogen (secondary N) is 1. The molecule has 0 fully saturated rings. The first-order valence-electron chi connectivity index (χ1n) is 6.41. The van der Waals surface area contributed by atoms with Gasteiger partial charge in [0.25, 0.3) is 0 Å². The quantitative estimate of drug-likeness (QED) is 0.653. The first-order valence-corrected chi connectivity index (χ1v) is 6.79. The molecule has 0 aliphatic carbocycles. The van der Waals surface area contributed by atoms with Gasteiger partial charge < -0.3 is 0 Å². The van der Waals surface area contributed by atoms with E-state index < -0.39 is 0 Å². The highest BCUT2D eigenvalue weighted by Crippen LogP contribution is 2.26. The lowest BCUT2D eigenvalue weighted by Crippen LogP contribution is -2.31. The Balaban J connectivity index is 2.44. The second kappa shape index (κ2) is 6.19. The van der Waals surface area contributed by atoms with E-state index in [1.807, 2.05) is 28.9 Å². The van der Waals surface area contributed by atoms with E-state index in [0.717, 1.165) is 29.8 Å². The highest BCUT2D eigenvalue weighted by atomic mass is 35.5. The van der Waals surface area contributed by atoms with Crippen molar-refractivity contribution in [2.24, 2.45) is 5.84 Å². The number of nitrogens with two attached hydrogens (primary N) is 1. The zero-order valence-electron chi connectivity index (χ0n) is 11.2. The molecule has 0 aliphatic rings. The molecule has 1 unspecified atom stereocenters. The van der Waals surface area contributed by atoms with Crippen LogP contribution in [0.5, 0.6) is 0 Å². The number of hydrogen-bond acceptors (Lipinski definition) is 3. The summed E-state index contributed by atoms with van der Waals surface area (Å²) in [6.07, 6.45) is 2.83. The van der Waals surface area contributed by atoms with Crippen LogP contribution in [0.4, 0.5) is 0 Å². The third-order valence-corrected chi connectivity index (χ3v) is 3.43. The molecule has 19 heavy (non-hydrogen) atoms. The third kappa shape index (κ3) is 2.97. The minimum atomic E-state index is -0.104. The van der Waals surface area contributed by atoms with Crippen molar-refractivity contribution >= 4 is 11.6 Å². The van der Waals surface area contributed by atoms with Gasteiger partial charge in [-0.05, 0) is 42.7 Å². The van der Waals surface area contributed by atoms with E-state index in [9.17, 15) is 0 Å². The molecule has 0 aliphatic heterocycles. The van der Waals surface area contributed by atoms with Crippen LogP contribution in [0, 0.1) is 6.92 Å². The van der Waals surface area contributed by atoms with Crippen molar-refractivity contribution in [2.45, 2.75) is 32.9 Å². The zero-order chi connectivity index (χ0) is 13.8. The third-order valence-electron chi connectivity index (χ3n) is 3.20. The van der Waals surface area contributed by atoms with Crippen molar-refractivity contribution in [2.75, 3.05) is 0 Å². The Morgan fingerprint density at radius 3 is 2.89 bits per heavy atom. The second-order valence-corrected chi connectivity index (χ2v) is 5.02. The van der Waals surface area contributed by atoms with Crippen LogP contribution in [0.2, 0.25) is 5.02 Å². The molecule has 1 atom stereocenters. The molecule has 2 aromatic rings. The lowest BCUT2D eigenvalue weighted by molar-refractivity contribution is 0.520. The second-order valence-electron chi connectivity index (χ2n) is 4.58. The normalized spacial score (nSPS) is 12.6. The molecule has 2 rings (SSSR count). The Labute approximate surface area is 118 Å². The molecule has 1 heterocycles. The van der Waals surface area contributed by atoms with E-state index in [2.05, 4.69) is 24.4 Å². The van der Waals surface area contributed by atoms with Gasteiger partial charge in [-0.25, -0.2) is 5.43 Å². The summed E-state index contributed by atoms with van der Waals surface area (Å²) in [5, 5.41) is 5.05. The molecule has 0 bridgehead atoms. The number of halogens is 1. The summed E-state index contributed by atoms with van der Waals surface area (Å²) in [5.41, 5.74) is 6.15. The fraction of sp³-hybridized carbons (Fsp3) is 0.357. The summed E-state index contributed by atoms with van der Waals surface area (Å²) in [7, 11) is 0. The molecule has 0 spiro atoms. The molecule has 1 aromatic heterocycles. The average molecular weight is 279 g/mol. The van der Waals surface area contributed by atoms with Crippen LogP contribution in [0.1, 0.15) is 36.2 Å². The van der Waals surface area contributed by atoms with Gasteiger partial charge >= 0.3 is 0 Å². The van der Waals surface area contributed by atoms with E-state index in [4.69, 9.17) is 17.4 Å². The van der Waals surface area contributed by atoms with Gasteiger partial charge in [0, 0.05) is 17.8 Å². The number of hydrazine groups is 1. The zero-order valence-corrected chi connectivity index (χ0v) is 12.0. The fourth-order valence-corrected chi connectivity index (χ4v) is 2.42. The van der Waals surface area contributed by atoms with Crippen LogP contribution in [0.25, 0.3) is 0 Å². The van der Waals surface area contributed by atoms with E-state index in [1.54, 1.807) is 6.20 Å². The first kappa shape index (κ1) is 14.1. The molecule has 0 saturated heterocycles. The van der Waals surface area contributed by atoms with Crippen molar-refractivity contribution in [3.63, 3.8) is 0 Å². The van der Waals surface area contributed by atoms with Crippen molar-refractivity contribution in [1.82, 2.24) is 15.2 Å². The Hall–Kier alpha value is -1.36. The maximum Gasteiger partial charge on any atom is 0.0881 e. The predicted octanol–water partition coefficient (Wildman–Crippen LogP) is 2.81. The molecule has 102 valence electrons. The van der Waals surface area contributed by atoms with Gasteiger partial charge in [0.05, 0.1) is 11.7 Å². The highest BCUT2D eigenvalue weighted by Gasteiger charge is 2.18. The minimum Gasteiger partial charge on any atom is -0.271 e. The minimum absolute atomic E-state index is 0.104. The molecule has 5 heteroatoms. The lowest BCUT2D eigenvalue weighted by atomic mass is 9.99. The predicted molar refractivity (Wildman–Crippen MR) is 77.9 cm³/mol. The number of aryl methyl sites for hydroxylation is 2. The maximum absolute atomic E-state index is 6.09. The van der Waals surface area contributed by atoms with Gasteiger partial charge in [-0.1, -0.05) is 24.6 Å². The van der Waals surface area contributed by atoms with Crippen molar-refractivity contribution in [3.8, 4) is 0 Å². The summed E-state index contributed by atoms with van der Waals surface area (Å²) in [6.45, 7) is 5.05. The molecule has 0 saturated carbocycles. The van der Waals surface area contributed by atoms with E-state index in [-0.39, 0.29) is 6.04 Å². The van der Waals surface area contributed by atoms with Crippen molar-refractivity contribution in [3.05, 3.63) is 52.3 Å². The van der Waals surface area contributed by atoms with E-state index in [1.165, 1.54) is 0 Å². The monoisotopic (exact) mass is 278 g/mol. The first-order chi connectivity index (χ1) is 9.17. The summed E-state index contributed by atoms with van der Waals surface area (Å²) >= 11 is 6.09. The lowest BCUT2D eigenvalue weighted by Gasteiger charge is -2.20. The Morgan fingerprint density at radius 2 is 2.21 bits per heavy atom. The van der Waals surface area contributed by atoms with Gasteiger partial charge in [0.2, 0.25) is 0 Å². The van der Waals surface area contributed by atoms with E-state index in [0.29, 0.717) is 5.02 Å². The van der Waals surface area contributed by atoms with Gasteiger partial charge in [0.1, 0.15) is 0 Å². The van der Waals surface area contributed by atoms with Gasteiger partial charge in [0.15, 0.2) is 0 Å². The number of aromatic nitrogens is 2. The largest absolute Gasteiger partial charge is 0.271 e. The van der Waals surface area contributed by atoms with Crippen LogP contribution in [-0.2, 0) is 6.54 Å². The smallest absolute Gasteiger partial charge is 0.0881 e. The Bertz CT molecular complexity index is 550. The van der Waals surface area contributed by atoms with Crippen molar-refractivity contribution < 1.29 is 0 Å². The van der Waals surface area contributed by atoms with Crippen LogP contribution in [-0.4, -0.2) is 9.78 Å². The molecule has 4 nitrogen and oxygen atoms in total. The summed E-state index contributed by atoms with van der Waals surface area (Å²) in [6, 6.07) is 7.72. The number of benzene rings is 1. The van der Waals surface area contributed by atoms with Crippen LogP contribution >= 0.6 is 11.6 Å². The fourth-order valence-electron chi connectivity index (χ4n) is 2.24. The molecule has 0 amide bonds. The average Bonchev–Trinajstić information content (AvgIpc) is 2.83. The molecule has 3 N–H and O–H groups in total. The topological polar surface area (TPSA) is 55.9 Å². The van der Waals surface area contributed by atoms with Crippen LogP contribution in [0.15, 0.2) is 30.5 Å². The standard InChI is InChI=1S/C14H19ClN4/c1-3-8-19-13(6-7-17-19)14(18-16)12-9-11(15)5-4-10(12)2/h4-7,9,14,18H,3,8,16H2,1-2H3. The molecule has 0 radical (unpaired) electrons. The SMILES string of the molecule is CCCn1nccc1C(NN)c1cc(Cl)ccc1C. The maximum atomic E-state index is 6.09. The molecular formula is C14H19ClN4. The van der Waals surface area contributed by atoms with Crippen LogP contribution in [0.3, 0.4) is 0 Å². The number of hydrogen-bond donors (Lipinski definition) is 2. The molecule has 1 aromatic carbocycles. The molecular weight excluding hydrogens is 260 g/mol. The van der Waals surface area contributed by atoms with Gasteiger partial charge in [-0.2, -0.15) is 5.10 Å². The van der Waals surface area contributed by atoms with Gasteiger partial charge in [-0.3, -0.25) is 10.5 Å². The number of nitrogens with zero attached hydrogens (tertiary/aromatic N) is 2. The van der Waals surface area contributed by atoms with Crippen molar-refractivity contribution in [1.29, 1.82) is 0 Å². The summed E-state index contributed by atoms with van der Waals surface area (Å²) in [4.78, 5) is 0. The highest BCUT2D eigenvalue weighted by molar-refractivity contribution is 6.30.